The summed E-state index contributed by atoms with van der Waals surface area (Å²) in [6.07, 6.45) is 0.0206. The Labute approximate surface area is 144 Å². The van der Waals surface area contributed by atoms with E-state index in [9.17, 15) is 0 Å². The third kappa shape index (κ3) is 3.47. The number of methoxy groups -OCH3 is 1. The van der Waals surface area contributed by atoms with E-state index < -0.39 is 0 Å². The molecular formula is C17H18ClN3OS. The Balaban J connectivity index is 1.83. The number of pyridine rings is 1. The number of fused-ring (bicyclic) bond motifs is 1. The lowest BCUT2D eigenvalue weighted by Crippen LogP contribution is -2.18. The van der Waals surface area contributed by atoms with Crippen LogP contribution >= 0.6 is 22.9 Å². The smallest absolute Gasteiger partial charge is 0.139 e. The molecule has 0 aliphatic heterocycles. The fourth-order valence-electron chi connectivity index (χ4n) is 2.35. The molecule has 0 fully saturated rings. The zero-order chi connectivity index (χ0) is 16.4. The molecule has 3 aromatic rings. The average molecular weight is 348 g/mol. The van der Waals surface area contributed by atoms with Gasteiger partial charge in [0.2, 0.25) is 0 Å². The third-order valence-corrected chi connectivity index (χ3v) is 5.08. The molecule has 0 spiro atoms. The summed E-state index contributed by atoms with van der Waals surface area (Å²) in [4.78, 5) is 11.2. The molecule has 6 heteroatoms. The van der Waals surface area contributed by atoms with Crippen molar-refractivity contribution >= 4 is 39.5 Å². The van der Waals surface area contributed by atoms with Crippen LogP contribution in [0.25, 0.3) is 10.8 Å². The lowest BCUT2D eigenvalue weighted by Gasteiger charge is -2.18. The number of aromatic nitrogens is 2. The number of rotatable bonds is 5. The first kappa shape index (κ1) is 16.2. The van der Waals surface area contributed by atoms with Gasteiger partial charge >= 0.3 is 0 Å². The molecule has 120 valence electrons. The Kier molecular flexibility index (Phi) is 4.80. The number of anilines is 1. The molecule has 0 saturated carbocycles. The van der Waals surface area contributed by atoms with Gasteiger partial charge in [-0.1, -0.05) is 35.9 Å². The summed E-state index contributed by atoms with van der Waals surface area (Å²) in [5.41, 5.74) is 1.00. The Morgan fingerprint density at radius 3 is 2.87 bits per heavy atom. The first-order chi connectivity index (χ1) is 11.1. The van der Waals surface area contributed by atoms with Gasteiger partial charge in [0.25, 0.3) is 0 Å². The van der Waals surface area contributed by atoms with Crippen LogP contribution in [0.5, 0.6) is 0 Å². The van der Waals surface area contributed by atoms with E-state index in [1.54, 1.807) is 18.4 Å². The molecule has 0 aliphatic carbocycles. The summed E-state index contributed by atoms with van der Waals surface area (Å²) in [6.45, 7) is 2.67. The lowest BCUT2D eigenvalue weighted by molar-refractivity contribution is 0.119. The van der Waals surface area contributed by atoms with Crippen LogP contribution < -0.4 is 4.90 Å². The first-order valence-corrected chi connectivity index (χ1v) is 8.57. The highest BCUT2D eigenvalue weighted by Gasteiger charge is 2.12. The highest BCUT2D eigenvalue weighted by molar-refractivity contribution is 7.09. The molecule has 1 aromatic carbocycles. The molecule has 0 radical (unpaired) electrons. The molecule has 4 nitrogen and oxygen atoms in total. The fraction of sp³-hybridized carbons (Fsp3) is 0.294. The van der Waals surface area contributed by atoms with Crippen molar-refractivity contribution in [1.82, 2.24) is 9.97 Å². The predicted molar refractivity (Wildman–Crippen MR) is 96.4 cm³/mol. The molecule has 2 aromatic heterocycles. The molecule has 1 unspecified atom stereocenters. The van der Waals surface area contributed by atoms with Gasteiger partial charge in [-0.15, -0.1) is 11.3 Å². The molecule has 0 aliphatic rings. The normalized spacial score (nSPS) is 12.5. The first-order valence-electron chi connectivity index (χ1n) is 7.32. The zero-order valence-corrected chi connectivity index (χ0v) is 14.9. The van der Waals surface area contributed by atoms with E-state index in [1.165, 1.54) is 0 Å². The Bertz CT molecular complexity index is 820. The third-order valence-electron chi connectivity index (χ3n) is 3.74. The summed E-state index contributed by atoms with van der Waals surface area (Å²) in [5, 5.41) is 5.62. The molecule has 23 heavy (non-hydrogen) atoms. The largest absolute Gasteiger partial charge is 0.375 e. The van der Waals surface area contributed by atoms with Crippen LogP contribution in [-0.2, 0) is 11.3 Å². The van der Waals surface area contributed by atoms with Crippen molar-refractivity contribution in [3.63, 3.8) is 0 Å². The summed E-state index contributed by atoms with van der Waals surface area (Å²) in [6, 6.07) is 10.0. The van der Waals surface area contributed by atoms with E-state index in [-0.39, 0.29) is 6.10 Å². The monoisotopic (exact) mass is 347 g/mol. The van der Waals surface area contributed by atoms with Gasteiger partial charge in [0.05, 0.1) is 12.2 Å². The van der Waals surface area contributed by atoms with E-state index in [0.29, 0.717) is 11.7 Å². The van der Waals surface area contributed by atoms with E-state index in [1.807, 2.05) is 44.3 Å². The molecule has 0 amide bonds. The molecule has 0 saturated heterocycles. The predicted octanol–water partition coefficient (Wildman–Crippen LogP) is 4.69. The van der Waals surface area contributed by atoms with Crippen molar-refractivity contribution in [2.24, 2.45) is 0 Å². The summed E-state index contributed by atoms with van der Waals surface area (Å²) < 4.78 is 5.31. The SMILES string of the molecule is COC(C)c1nc(CN(C)c2cc3ccccc3c(Cl)n2)cs1. The number of hydrogen-bond donors (Lipinski definition) is 0. The van der Waals surface area contributed by atoms with Gasteiger partial charge in [0.1, 0.15) is 22.1 Å². The number of nitrogens with zero attached hydrogens (tertiary/aromatic N) is 3. The van der Waals surface area contributed by atoms with Crippen molar-refractivity contribution in [2.75, 3.05) is 19.1 Å². The van der Waals surface area contributed by atoms with Crippen molar-refractivity contribution < 1.29 is 4.74 Å². The van der Waals surface area contributed by atoms with Crippen LogP contribution in [0.4, 0.5) is 5.82 Å². The Morgan fingerprint density at radius 2 is 2.09 bits per heavy atom. The maximum Gasteiger partial charge on any atom is 0.139 e. The number of ether oxygens (including phenoxy) is 1. The minimum absolute atomic E-state index is 0.0206. The minimum atomic E-state index is 0.0206. The number of halogens is 1. The van der Waals surface area contributed by atoms with Gasteiger partial charge in [-0.05, 0) is 18.4 Å². The standard InChI is InChI=1S/C17H18ClN3OS/c1-11(22-3)17-19-13(10-23-17)9-21(2)15-8-12-6-4-5-7-14(12)16(18)20-15/h4-8,10-11H,9H2,1-3H3. The van der Waals surface area contributed by atoms with Gasteiger partial charge in [-0.25, -0.2) is 9.97 Å². The van der Waals surface area contributed by atoms with E-state index in [0.717, 1.165) is 27.3 Å². The second-order valence-corrected chi connectivity index (χ2v) is 6.65. The lowest BCUT2D eigenvalue weighted by atomic mass is 10.2. The zero-order valence-electron chi connectivity index (χ0n) is 13.3. The fourth-order valence-corrected chi connectivity index (χ4v) is 3.45. The van der Waals surface area contributed by atoms with E-state index in [2.05, 4.69) is 20.2 Å². The minimum Gasteiger partial charge on any atom is -0.375 e. The summed E-state index contributed by atoms with van der Waals surface area (Å²) >= 11 is 7.92. The molecule has 0 bridgehead atoms. The molecule has 1 atom stereocenters. The number of hydrogen-bond acceptors (Lipinski definition) is 5. The van der Waals surface area contributed by atoms with Crippen LogP contribution in [0.2, 0.25) is 5.15 Å². The van der Waals surface area contributed by atoms with Crippen LogP contribution in [0.1, 0.15) is 23.7 Å². The highest BCUT2D eigenvalue weighted by atomic mass is 35.5. The van der Waals surface area contributed by atoms with Gasteiger partial charge in [-0.2, -0.15) is 0 Å². The van der Waals surface area contributed by atoms with E-state index >= 15 is 0 Å². The van der Waals surface area contributed by atoms with Gasteiger partial charge in [0.15, 0.2) is 0 Å². The summed E-state index contributed by atoms with van der Waals surface area (Å²) in [5.74, 6) is 0.836. The van der Waals surface area contributed by atoms with Gasteiger partial charge in [-0.3, -0.25) is 0 Å². The average Bonchev–Trinajstić information content (AvgIpc) is 3.02. The quantitative estimate of drug-likeness (QED) is 0.628. The van der Waals surface area contributed by atoms with Gasteiger partial charge in [0, 0.05) is 24.9 Å². The molecule has 3 rings (SSSR count). The van der Waals surface area contributed by atoms with Crippen molar-refractivity contribution in [3.8, 4) is 0 Å². The Hall–Kier alpha value is -1.69. The topological polar surface area (TPSA) is 38.2 Å². The van der Waals surface area contributed by atoms with E-state index in [4.69, 9.17) is 16.3 Å². The van der Waals surface area contributed by atoms with Crippen molar-refractivity contribution in [2.45, 2.75) is 19.6 Å². The Morgan fingerprint density at radius 1 is 1.30 bits per heavy atom. The number of benzene rings is 1. The second-order valence-electron chi connectivity index (χ2n) is 5.40. The maximum absolute atomic E-state index is 6.31. The maximum atomic E-state index is 6.31. The molecule has 2 heterocycles. The summed E-state index contributed by atoms with van der Waals surface area (Å²) in [7, 11) is 3.69. The van der Waals surface area contributed by atoms with Crippen molar-refractivity contribution in [1.29, 1.82) is 0 Å². The second kappa shape index (κ2) is 6.83. The van der Waals surface area contributed by atoms with Crippen LogP contribution in [0.3, 0.4) is 0 Å². The number of thiazole rings is 1. The van der Waals surface area contributed by atoms with Crippen LogP contribution in [0.15, 0.2) is 35.7 Å². The highest BCUT2D eigenvalue weighted by Crippen LogP contribution is 2.27. The van der Waals surface area contributed by atoms with Crippen LogP contribution in [-0.4, -0.2) is 24.1 Å². The molecule has 0 N–H and O–H groups in total. The van der Waals surface area contributed by atoms with Crippen molar-refractivity contribution in [3.05, 3.63) is 51.6 Å². The van der Waals surface area contributed by atoms with Gasteiger partial charge < -0.3 is 9.64 Å². The molecular weight excluding hydrogens is 330 g/mol. The van der Waals surface area contributed by atoms with Crippen LogP contribution in [0, 0.1) is 0 Å².